The minimum atomic E-state index is -0.623. The number of nitrogens with zero attached hydrogens (tertiary/aromatic N) is 13. The van der Waals surface area contributed by atoms with Crippen molar-refractivity contribution in [2.45, 2.75) is 68.9 Å². The Morgan fingerprint density at radius 1 is 0.711 bits per heavy atom. The highest BCUT2D eigenvalue weighted by molar-refractivity contribution is 6.35. The Kier molecular flexibility index (Phi) is 13.8. The van der Waals surface area contributed by atoms with E-state index in [1.165, 1.54) is 0 Å². The highest BCUT2D eigenvalue weighted by Crippen LogP contribution is 2.47. The number of hydrogen-bond acceptors (Lipinski definition) is 12. The van der Waals surface area contributed by atoms with Gasteiger partial charge in [0.15, 0.2) is 0 Å². The molecule has 4 aromatic heterocycles. The molecule has 2 aromatic carbocycles. The van der Waals surface area contributed by atoms with Crippen LogP contribution in [-0.2, 0) is 23.6 Å². The number of piperazine rings is 2. The molecule has 6 aliphatic rings. The minimum absolute atomic E-state index is 0.143. The number of nitrogens with one attached hydrogen (secondary N) is 1. The van der Waals surface area contributed by atoms with E-state index in [0.717, 1.165) is 93.0 Å². The van der Waals surface area contributed by atoms with Crippen molar-refractivity contribution in [1.82, 2.24) is 48.7 Å². The maximum Gasteiger partial charge on any atom is 0.410 e. The number of carbonyl (C=O) groups is 2. The highest BCUT2D eigenvalue weighted by Gasteiger charge is 2.45. The molecule has 0 spiro atoms. The lowest BCUT2D eigenvalue weighted by Crippen LogP contribution is -2.50. The van der Waals surface area contributed by atoms with Crippen LogP contribution in [0.1, 0.15) is 114 Å². The molecule has 20 heteroatoms. The first-order valence-electron chi connectivity index (χ1n) is 25.6. The van der Waals surface area contributed by atoms with Crippen LogP contribution >= 0.6 is 23.2 Å². The minimum Gasteiger partial charge on any atom is -0.443 e. The molecule has 4 fully saturated rings. The van der Waals surface area contributed by atoms with Gasteiger partial charge in [0.1, 0.15) is 17.2 Å². The molecule has 6 heterocycles. The average molecular weight is 1060 g/mol. The molecule has 0 bridgehead atoms. The lowest BCUT2D eigenvalue weighted by molar-refractivity contribution is 0.0373. The number of ether oxygens (including phenoxy) is 2. The number of halogens is 2. The van der Waals surface area contributed by atoms with Crippen molar-refractivity contribution in [2.24, 2.45) is 19.2 Å². The summed E-state index contributed by atoms with van der Waals surface area (Å²) in [6.07, 6.45) is 17.8. The van der Waals surface area contributed by atoms with Crippen LogP contribution < -0.4 is 0 Å². The van der Waals surface area contributed by atoms with Gasteiger partial charge in [-0.05, 0) is 133 Å². The van der Waals surface area contributed by atoms with Gasteiger partial charge >= 0.3 is 12.2 Å². The van der Waals surface area contributed by atoms with Gasteiger partial charge in [-0.25, -0.2) is 19.6 Å². The van der Waals surface area contributed by atoms with E-state index in [9.17, 15) is 15.1 Å². The van der Waals surface area contributed by atoms with Crippen molar-refractivity contribution in [3.63, 3.8) is 0 Å². The quantitative estimate of drug-likeness (QED) is 0.0629. The van der Waals surface area contributed by atoms with Gasteiger partial charge in [0.05, 0.1) is 59.4 Å². The maximum absolute atomic E-state index is 12.7. The topological polar surface area (TPSA) is 200 Å². The number of rotatable bonds is 9. The fraction of sp³-hybridized carbons (Fsp3) is 0.375. The second-order valence-corrected chi connectivity index (χ2v) is 21.7. The van der Waals surface area contributed by atoms with Crippen molar-refractivity contribution in [3.05, 3.63) is 175 Å². The molecule has 1 N–H and O–H groups in total. The zero-order valence-corrected chi connectivity index (χ0v) is 44.3. The number of amides is 2. The van der Waals surface area contributed by atoms with E-state index in [1.807, 2.05) is 116 Å². The molecule has 2 aliphatic heterocycles. The van der Waals surface area contributed by atoms with Crippen LogP contribution in [-0.4, -0.2) is 130 Å². The molecule has 0 radical (unpaired) electrons. The monoisotopic (exact) mass is 1060 g/mol. The molecule has 4 aliphatic carbocycles. The smallest absolute Gasteiger partial charge is 0.410 e. The lowest BCUT2D eigenvalue weighted by Gasteiger charge is -2.39. The van der Waals surface area contributed by atoms with Gasteiger partial charge in [-0.2, -0.15) is 0 Å². The van der Waals surface area contributed by atoms with Crippen LogP contribution in [0, 0.1) is 5.41 Å². The van der Waals surface area contributed by atoms with Crippen LogP contribution in [0.15, 0.2) is 103 Å². The maximum atomic E-state index is 12.7. The SMILES string of the molecule is Cn1cncc1C(=N)C1=Cc2cccnc2[C@@H](N2CCN(C(=O)OC3(C)CC3)CC2)c2ccc(Cl)cc21.Cn1cncc1C(N=[N+]=[N-])C1=Cc2cccnc2[C@@H](N2CCN(C(=O)OC3(C)CC3)CC2)c2ccc(Cl)cc21. The third-order valence-electron chi connectivity index (χ3n) is 15.5. The number of allylic oxidation sites excluding steroid dienone is 1. The number of carbonyl (C=O) groups excluding carboxylic acids is 2. The number of pyridine rings is 2. The number of hydrogen-bond donors (Lipinski definition) is 1. The summed E-state index contributed by atoms with van der Waals surface area (Å²) < 4.78 is 15.1. The first-order chi connectivity index (χ1) is 36.7. The fourth-order valence-corrected chi connectivity index (χ4v) is 11.0. The second-order valence-electron chi connectivity index (χ2n) is 20.9. The zero-order chi connectivity index (χ0) is 52.9. The summed E-state index contributed by atoms with van der Waals surface area (Å²) in [5.74, 6) is 0. The van der Waals surface area contributed by atoms with Crippen molar-refractivity contribution >= 4 is 64.4 Å². The summed E-state index contributed by atoms with van der Waals surface area (Å²) in [6, 6.07) is 18.7. The van der Waals surface area contributed by atoms with Gasteiger partial charge in [-0.1, -0.05) is 52.6 Å². The summed E-state index contributed by atoms with van der Waals surface area (Å²) >= 11 is 13.1. The standard InChI is InChI=1S/C28H29ClN8O2.C28H29ClN6O2/c1-28(7-8-28)39-27(38)37-12-10-36(11-13-37)26-20-6-5-19(29)15-21(20)22(14-18-4-3-9-32-24(18)26)25(33-34-30)23-16-31-17-35(23)2;1-28(7-8-28)37-27(36)35-12-10-34(11-13-35)26-20-6-5-19(29)15-21(20)22(14-18-4-3-9-32-25(18)26)24(30)23-16-31-17-33(23)2/h3-6,9,14-17,25-26H,7-8,10-13H2,1-2H3;3-6,9,14-17,26,30H,7-8,10-13H2,1-2H3/t25?,26-;26-/m00/s1. The first-order valence-corrected chi connectivity index (χ1v) is 26.4. The Hall–Kier alpha value is -7.34. The zero-order valence-electron chi connectivity index (χ0n) is 42.8. The van der Waals surface area contributed by atoms with Gasteiger partial charge < -0.3 is 28.4 Å². The molecular weight excluding hydrogens is 1000 g/mol. The summed E-state index contributed by atoms with van der Waals surface area (Å²) in [5.41, 5.74) is 20.0. The van der Waals surface area contributed by atoms with E-state index < -0.39 is 6.04 Å². The Balaban J connectivity index is 0.000000162. The van der Waals surface area contributed by atoms with E-state index in [2.05, 4.69) is 29.8 Å². The van der Waals surface area contributed by atoms with Crippen LogP contribution in [0.2, 0.25) is 10.0 Å². The van der Waals surface area contributed by atoms with E-state index in [1.54, 1.807) is 41.0 Å². The van der Waals surface area contributed by atoms with Crippen molar-refractivity contribution < 1.29 is 19.1 Å². The molecule has 2 saturated heterocycles. The van der Waals surface area contributed by atoms with E-state index in [0.29, 0.717) is 68.1 Å². The second kappa shape index (κ2) is 20.7. The number of aryl methyl sites for hydroxylation is 2. The molecule has 76 heavy (non-hydrogen) atoms. The Bertz CT molecular complexity index is 3360. The van der Waals surface area contributed by atoms with Crippen LogP contribution in [0.25, 0.3) is 33.7 Å². The predicted molar refractivity (Wildman–Crippen MR) is 290 cm³/mol. The molecular formula is C56H58Cl2N14O4. The first kappa shape index (κ1) is 50.8. The fourth-order valence-electron chi connectivity index (χ4n) is 10.7. The van der Waals surface area contributed by atoms with Crippen LogP contribution in [0.5, 0.6) is 0 Å². The third-order valence-corrected chi connectivity index (χ3v) is 16.0. The van der Waals surface area contributed by atoms with Crippen molar-refractivity contribution in [2.75, 3.05) is 52.4 Å². The van der Waals surface area contributed by atoms with E-state index in [4.69, 9.17) is 48.1 Å². The van der Waals surface area contributed by atoms with E-state index >= 15 is 0 Å². The third kappa shape index (κ3) is 10.2. The molecule has 2 saturated carbocycles. The van der Waals surface area contributed by atoms with Gasteiger partial charge in [0.25, 0.3) is 0 Å². The van der Waals surface area contributed by atoms with Crippen molar-refractivity contribution in [1.29, 1.82) is 5.41 Å². The normalized spacial score (nSPS) is 20.4. The molecule has 18 nitrogen and oxygen atoms in total. The van der Waals surface area contributed by atoms with E-state index in [-0.39, 0.29) is 35.5 Å². The van der Waals surface area contributed by atoms with Gasteiger partial charge in [-0.3, -0.25) is 25.2 Å². The van der Waals surface area contributed by atoms with Gasteiger partial charge in [0, 0.05) is 106 Å². The van der Waals surface area contributed by atoms with Gasteiger partial charge in [0.2, 0.25) is 0 Å². The predicted octanol–water partition coefficient (Wildman–Crippen LogP) is 10.6. The molecule has 3 atom stereocenters. The molecule has 1 unspecified atom stereocenters. The van der Waals surface area contributed by atoms with Crippen molar-refractivity contribution in [3.8, 4) is 0 Å². The van der Waals surface area contributed by atoms with Crippen LogP contribution in [0.4, 0.5) is 9.59 Å². The Morgan fingerprint density at radius 2 is 1.21 bits per heavy atom. The summed E-state index contributed by atoms with van der Waals surface area (Å²) in [7, 11) is 3.77. The number of benzene rings is 2. The average Bonchev–Trinajstić information content (AvgIpc) is 4.29. The largest absolute Gasteiger partial charge is 0.443 e. The molecule has 6 aromatic rings. The molecule has 12 rings (SSSR count). The Morgan fingerprint density at radius 3 is 1.70 bits per heavy atom. The summed E-state index contributed by atoms with van der Waals surface area (Å²) in [5, 5.41) is 14.5. The number of imidazole rings is 2. The van der Waals surface area contributed by atoms with Crippen LogP contribution in [0.3, 0.4) is 0 Å². The summed E-state index contributed by atoms with van der Waals surface area (Å²) in [4.78, 5) is 55.1. The number of azide groups is 1. The molecule has 2 amide bonds. The number of aromatic nitrogens is 6. The highest BCUT2D eigenvalue weighted by atomic mass is 35.5. The van der Waals surface area contributed by atoms with Gasteiger partial charge in [-0.15, -0.1) is 0 Å². The number of fused-ring (bicyclic) bond motifs is 4. The Labute approximate surface area is 450 Å². The summed E-state index contributed by atoms with van der Waals surface area (Å²) in [6.45, 7) is 8.95. The lowest BCUT2D eigenvalue weighted by atomic mass is 9.90. The molecule has 390 valence electrons.